The summed E-state index contributed by atoms with van der Waals surface area (Å²) in [4.78, 5) is 27.2. The molecule has 0 spiro atoms. The number of rotatable bonds is 6. The van der Waals surface area contributed by atoms with Gasteiger partial charge in [-0.3, -0.25) is 9.78 Å². The number of aromatic nitrogens is 5. The third kappa shape index (κ3) is 3.42. The first kappa shape index (κ1) is 16.8. The van der Waals surface area contributed by atoms with Gasteiger partial charge in [0.15, 0.2) is 11.3 Å². The van der Waals surface area contributed by atoms with Crippen molar-refractivity contribution in [1.82, 2.24) is 29.6 Å². The minimum Gasteiger partial charge on any atom is -0.470 e. The van der Waals surface area contributed by atoms with Gasteiger partial charge in [-0.1, -0.05) is 6.07 Å². The zero-order valence-electron chi connectivity index (χ0n) is 14.5. The largest absolute Gasteiger partial charge is 0.470 e. The van der Waals surface area contributed by atoms with Gasteiger partial charge in [0.25, 0.3) is 5.91 Å². The first-order valence-electron chi connectivity index (χ1n) is 8.15. The first-order valence-corrected chi connectivity index (χ1v) is 8.15. The fourth-order valence-corrected chi connectivity index (χ4v) is 2.51. The number of amides is 1. The lowest BCUT2D eigenvalue weighted by Crippen LogP contribution is -2.31. The van der Waals surface area contributed by atoms with Crippen LogP contribution in [0.1, 0.15) is 30.0 Å². The van der Waals surface area contributed by atoms with Gasteiger partial charge in [-0.25, -0.2) is 9.67 Å². The lowest BCUT2D eigenvalue weighted by molar-refractivity contribution is 0.0768. The van der Waals surface area contributed by atoms with E-state index in [9.17, 15) is 4.79 Å². The fraction of sp³-hybridized carbons (Fsp3) is 0.353. The minimum atomic E-state index is -0.146. The van der Waals surface area contributed by atoms with Gasteiger partial charge in [0.1, 0.15) is 12.1 Å². The van der Waals surface area contributed by atoms with Crippen LogP contribution >= 0.6 is 0 Å². The Hall–Kier alpha value is -3.03. The van der Waals surface area contributed by atoms with Gasteiger partial charge >= 0.3 is 0 Å². The molecule has 0 bridgehead atoms. The molecule has 1 amide bonds. The summed E-state index contributed by atoms with van der Waals surface area (Å²) >= 11 is 0. The molecular formula is C17H20N6O2. The maximum atomic E-state index is 12.6. The molecule has 0 radical (unpaired) electrons. The molecule has 0 aromatic carbocycles. The molecular weight excluding hydrogens is 320 g/mol. The number of carbonyl (C=O) groups excluding carboxylic acids is 1. The van der Waals surface area contributed by atoms with E-state index in [-0.39, 0.29) is 5.91 Å². The summed E-state index contributed by atoms with van der Waals surface area (Å²) in [6.45, 7) is 5.39. The normalized spacial score (nSPS) is 10.8. The second-order valence-corrected chi connectivity index (χ2v) is 5.44. The van der Waals surface area contributed by atoms with Crippen molar-refractivity contribution in [3.8, 4) is 5.88 Å². The monoisotopic (exact) mass is 340 g/mol. The Bertz CT molecular complexity index is 873. The Balaban J connectivity index is 1.86. The molecule has 0 unspecified atom stereocenters. The third-order valence-electron chi connectivity index (χ3n) is 3.86. The van der Waals surface area contributed by atoms with E-state index >= 15 is 0 Å². The lowest BCUT2D eigenvalue weighted by atomic mass is 10.3. The minimum absolute atomic E-state index is 0.146. The predicted molar refractivity (Wildman–Crippen MR) is 92.1 cm³/mol. The van der Waals surface area contributed by atoms with Crippen LogP contribution in [-0.2, 0) is 13.7 Å². The summed E-state index contributed by atoms with van der Waals surface area (Å²) in [7, 11) is 1.73. The van der Waals surface area contributed by atoms with Crippen molar-refractivity contribution in [2.75, 3.05) is 13.1 Å². The highest BCUT2D eigenvalue weighted by molar-refractivity contribution is 6.02. The molecule has 3 rings (SSSR count). The Morgan fingerprint density at radius 2 is 2.04 bits per heavy atom. The van der Waals surface area contributed by atoms with Gasteiger partial charge in [-0.2, -0.15) is 10.1 Å². The third-order valence-corrected chi connectivity index (χ3v) is 3.86. The highest BCUT2D eigenvalue weighted by Crippen LogP contribution is 2.18. The highest BCUT2D eigenvalue weighted by Gasteiger charge is 2.22. The molecule has 0 aliphatic heterocycles. The van der Waals surface area contributed by atoms with Crippen LogP contribution in [0.5, 0.6) is 5.88 Å². The zero-order valence-corrected chi connectivity index (χ0v) is 14.5. The van der Waals surface area contributed by atoms with E-state index in [1.165, 1.54) is 6.20 Å². The van der Waals surface area contributed by atoms with Crippen LogP contribution in [0.15, 0.2) is 30.6 Å². The van der Waals surface area contributed by atoms with Crippen molar-refractivity contribution in [1.29, 1.82) is 0 Å². The summed E-state index contributed by atoms with van der Waals surface area (Å²) in [6.07, 6.45) is 3.21. The van der Waals surface area contributed by atoms with Gasteiger partial charge in [0, 0.05) is 26.3 Å². The molecule has 0 aliphatic rings. The molecule has 0 saturated heterocycles. The summed E-state index contributed by atoms with van der Waals surface area (Å²) in [6, 6.07) is 5.61. The number of fused-ring (bicyclic) bond motifs is 1. The standard InChI is InChI=1S/C17H20N6O2/c1-4-23(5-2)17(24)15-14-16(22(3)21-15)20-13(10-19-14)25-11-12-8-6-7-9-18-12/h6-10H,4-5,11H2,1-3H3. The number of hydrogen-bond acceptors (Lipinski definition) is 6. The Morgan fingerprint density at radius 1 is 1.24 bits per heavy atom. The number of pyridine rings is 1. The second-order valence-electron chi connectivity index (χ2n) is 5.44. The van der Waals surface area contributed by atoms with Crippen molar-refractivity contribution in [3.63, 3.8) is 0 Å². The number of aryl methyl sites for hydroxylation is 1. The van der Waals surface area contributed by atoms with Crippen LogP contribution in [0.2, 0.25) is 0 Å². The Labute approximate surface area is 145 Å². The van der Waals surface area contributed by atoms with Crippen molar-refractivity contribution >= 4 is 17.1 Å². The molecule has 0 aliphatic carbocycles. The van der Waals surface area contributed by atoms with E-state index in [1.54, 1.807) is 22.8 Å². The number of hydrogen-bond donors (Lipinski definition) is 0. The highest BCUT2D eigenvalue weighted by atomic mass is 16.5. The molecule has 3 heterocycles. The van der Waals surface area contributed by atoms with Gasteiger partial charge in [0.05, 0.1) is 11.9 Å². The molecule has 0 saturated carbocycles. The SMILES string of the molecule is CCN(CC)C(=O)c1nn(C)c2nc(OCc3ccccn3)cnc12. The Morgan fingerprint density at radius 3 is 2.72 bits per heavy atom. The van der Waals surface area contributed by atoms with Crippen molar-refractivity contribution in [2.24, 2.45) is 7.05 Å². The van der Waals surface area contributed by atoms with Crippen molar-refractivity contribution < 1.29 is 9.53 Å². The first-order chi connectivity index (χ1) is 12.1. The van der Waals surface area contributed by atoms with E-state index in [0.717, 1.165) is 5.69 Å². The number of nitrogens with zero attached hydrogens (tertiary/aromatic N) is 6. The van der Waals surface area contributed by atoms with E-state index in [1.807, 2.05) is 32.0 Å². The Kier molecular flexibility index (Phi) is 4.87. The van der Waals surface area contributed by atoms with Crippen LogP contribution in [0.25, 0.3) is 11.2 Å². The molecule has 0 N–H and O–H groups in total. The van der Waals surface area contributed by atoms with Crippen LogP contribution < -0.4 is 4.74 Å². The molecule has 3 aromatic rings. The maximum Gasteiger partial charge on any atom is 0.276 e. The van der Waals surface area contributed by atoms with Crippen LogP contribution in [0.3, 0.4) is 0 Å². The predicted octanol–water partition coefficient (Wildman–Crippen LogP) is 1.82. The molecule has 130 valence electrons. The molecule has 0 fully saturated rings. The number of ether oxygens (including phenoxy) is 1. The summed E-state index contributed by atoms with van der Waals surface area (Å²) in [5.41, 5.74) is 2.09. The lowest BCUT2D eigenvalue weighted by Gasteiger charge is -2.16. The summed E-state index contributed by atoms with van der Waals surface area (Å²) in [5.74, 6) is 0.218. The van der Waals surface area contributed by atoms with Gasteiger partial charge in [0.2, 0.25) is 5.88 Å². The van der Waals surface area contributed by atoms with Crippen molar-refractivity contribution in [2.45, 2.75) is 20.5 Å². The smallest absolute Gasteiger partial charge is 0.276 e. The summed E-state index contributed by atoms with van der Waals surface area (Å²) < 4.78 is 7.19. The average Bonchev–Trinajstić information content (AvgIpc) is 2.98. The van der Waals surface area contributed by atoms with E-state index in [2.05, 4.69) is 20.1 Å². The van der Waals surface area contributed by atoms with Crippen LogP contribution in [0.4, 0.5) is 0 Å². The maximum absolute atomic E-state index is 12.6. The molecule has 3 aromatic heterocycles. The van der Waals surface area contributed by atoms with Crippen LogP contribution in [0, 0.1) is 0 Å². The molecule has 8 heteroatoms. The molecule has 25 heavy (non-hydrogen) atoms. The van der Waals surface area contributed by atoms with Gasteiger partial charge in [-0.05, 0) is 26.0 Å². The van der Waals surface area contributed by atoms with E-state index in [0.29, 0.717) is 42.4 Å². The van der Waals surface area contributed by atoms with E-state index in [4.69, 9.17) is 4.74 Å². The number of carbonyl (C=O) groups is 1. The molecule has 8 nitrogen and oxygen atoms in total. The topological polar surface area (TPSA) is 86.0 Å². The van der Waals surface area contributed by atoms with Crippen LogP contribution in [-0.4, -0.2) is 48.6 Å². The van der Waals surface area contributed by atoms with Gasteiger partial charge < -0.3 is 9.64 Å². The average molecular weight is 340 g/mol. The summed E-state index contributed by atoms with van der Waals surface area (Å²) in [5, 5.41) is 4.30. The molecule has 0 atom stereocenters. The zero-order chi connectivity index (χ0) is 17.8. The quantitative estimate of drug-likeness (QED) is 0.680. The second kappa shape index (κ2) is 7.25. The fourth-order valence-electron chi connectivity index (χ4n) is 2.51. The van der Waals surface area contributed by atoms with Gasteiger partial charge in [-0.15, -0.1) is 0 Å². The van der Waals surface area contributed by atoms with Crippen molar-refractivity contribution in [3.05, 3.63) is 42.0 Å². The van der Waals surface area contributed by atoms with E-state index < -0.39 is 0 Å².